The minimum Gasteiger partial charge on any atom is -0.478 e. The summed E-state index contributed by atoms with van der Waals surface area (Å²) in [5.74, 6) is -1.04. The average Bonchev–Trinajstić information content (AvgIpc) is 2.74. The van der Waals surface area contributed by atoms with Gasteiger partial charge in [-0.1, -0.05) is 6.92 Å². The van der Waals surface area contributed by atoms with E-state index in [2.05, 4.69) is 10.6 Å². The second-order valence-electron chi connectivity index (χ2n) is 3.35. The Bertz CT molecular complexity index is 406. The summed E-state index contributed by atoms with van der Waals surface area (Å²) in [6, 6.07) is 1.09. The summed E-state index contributed by atoms with van der Waals surface area (Å²) in [5.41, 5.74) is 0.114. The molecular formula is C10H14N2O3S2. The van der Waals surface area contributed by atoms with Gasteiger partial charge in [0.2, 0.25) is 0 Å². The molecule has 1 rings (SSSR count). The van der Waals surface area contributed by atoms with Crippen LogP contribution in [0.5, 0.6) is 0 Å². The summed E-state index contributed by atoms with van der Waals surface area (Å²) in [4.78, 5) is 22.3. The van der Waals surface area contributed by atoms with Gasteiger partial charge in [-0.3, -0.25) is 5.32 Å². The number of thiophene rings is 1. The van der Waals surface area contributed by atoms with Gasteiger partial charge in [-0.15, -0.1) is 11.3 Å². The molecule has 0 aromatic carbocycles. The van der Waals surface area contributed by atoms with Gasteiger partial charge in [0.1, 0.15) is 5.00 Å². The molecule has 0 aliphatic heterocycles. The van der Waals surface area contributed by atoms with Crippen molar-refractivity contribution in [3.05, 3.63) is 17.0 Å². The Morgan fingerprint density at radius 1 is 1.59 bits per heavy atom. The molecule has 0 bridgehead atoms. The number of rotatable bonds is 5. The number of hydrogen-bond acceptors (Lipinski definition) is 4. The van der Waals surface area contributed by atoms with Gasteiger partial charge in [-0.05, 0) is 17.7 Å². The van der Waals surface area contributed by atoms with Gasteiger partial charge in [0, 0.05) is 11.8 Å². The van der Waals surface area contributed by atoms with Crippen LogP contribution in [0.2, 0.25) is 0 Å². The van der Waals surface area contributed by atoms with E-state index in [1.807, 2.05) is 13.2 Å². The highest BCUT2D eigenvalue weighted by atomic mass is 32.2. The quantitative estimate of drug-likeness (QED) is 0.770. The number of carbonyl (C=O) groups is 2. The molecule has 7 heteroatoms. The molecule has 2 amide bonds. The third-order valence-corrected chi connectivity index (χ3v) is 3.88. The molecule has 1 aromatic heterocycles. The number of amides is 2. The van der Waals surface area contributed by atoms with Crippen molar-refractivity contribution in [2.45, 2.75) is 12.2 Å². The smallest absolute Gasteiger partial charge is 0.338 e. The van der Waals surface area contributed by atoms with E-state index < -0.39 is 5.97 Å². The first-order chi connectivity index (χ1) is 8.04. The first-order valence-electron chi connectivity index (χ1n) is 4.93. The maximum Gasteiger partial charge on any atom is 0.338 e. The lowest BCUT2D eigenvalue weighted by Gasteiger charge is -2.10. The van der Waals surface area contributed by atoms with E-state index in [9.17, 15) is 9.59 Å². The van der Waals surface area contributed by atoms with Crippen LogP contribution >= 0.6 is 23.1 Å². The van der Waals surface area contributed by atoms with Crippen LogP contribution in [0.4, 0.5) is 9.80 Å². The third-order valence-electron chi connectivity index (χ3n) is 2.08. The average molecular weight is 274 g/mol. The van der Waals surface area contributed by atoms with E-state index in [-0.39, 0.29) is 11.6 Å². The SMILES string of the molecule is CSC(C)CNC(=O)Nc1sccc1C(=O)O. The number of thioether (sulfide) groups is 1. The zero-order valence-electron chi connectivity index (χ0n) is 9.52. The fourth-order valence-electron chi connectivity index (χ4n) is 1.04. The van der Waals surface area contributed by atoms with Crippen LogP contribution in [-0.4, -0.2) is 35.2 Å². The van der Waals surface area contributed by atoms with Crippen molar-refractivity contribution in [1.29, 1.82) is 0 Å². The van der Waals surface area contributed by atoms with Crippen molar-refractivity contribution < 1.29 is 14.7 Å². The molecule has 1 atom stereocenters. The van der Waals surface area contributed by atoms with Gasteiger partial charge in [-0.25, -0.2) is 9.59 Å². The zero-order chi connectivity index (χ0) is 12.8. The van der Waals surface area contributed by atoms with E-state index in [1.54, 1.807) is 17.1 Å². The summed E-state index contributed by atoms with van der Waals surface area (Å²) in [6.45, 7) is 2.54. The fourth-order valence-corrected chi connectivity index (χ4v) is 2.07. The molecule has 0 saturated carbocycles. The monoisotopic (exact) mass is 274 g/mol. The first kappa shape index (κ1) is 13.9. The molecule has 3 N–H and O–H groups in total. The summed E-state index contributed by atoms with van der Waals surface area (Å²) < 4.78 is 0. The predicted octanol–water partition coefficient (Wildman–Crippen LogP) is 2.32. The number of hydrogen-bond donors (Lipinski definition) is 3. The number of nitrogens with one attached hydrogen (secondary N) is 2. The Labute approximate surface area is 108 Å². The number of carboxylic acids is 1. The Hall–Kier alpha value is -1.21. The van der Waals surface area contributed by atoms with Crippen LogP contribution in [0.15, 0.2) is 11.4 Å². The molecule has 0 aliphatic rings. The molecule has 0 spiro atoms. The van der Waals surface area contributed by atoms with Crippen molar-refractivity contribution in [3.8, 4) is 0 Å². The molecule has 0 radical (unpaired) electrons. The summed E-state index contributed by atoms with van der Waals surface area (Å²) in [7, 11) is 0. The Kier molecular flexibility index (Phi) is 5.30. The lowest BCUT2D eigenvalue weighted by atomic mass is 10.3. The van der Waals surface area contributed by atoms with Gasteiger partial charge in [0.25, 0.3) is 0 Å². The second kappa shape index (κ2) is 6.51. The van der Waals surface area contributed by atoms with Gasteiger partial charge >= 0.3 is 12.0 Å². The van der Waals surface area contributed by atoms with Crippen LogP contribution in [-0.2, 0) is 0 Å². The van der Waals surface area contributed by atoms with Crippen LogP contribution < -0.4 is 10.6 Å². The highest BCUT2D eigenvalue weighted by molar-refractivity contribution is 7.99. The predicted molar refractivity (Wildman–Crippen MR) is 71.3 cm³/mol. The molecule has 0 saturated heterocycles. The normalized spacial score (nSPS) is 11.9. The number of carboxylic acid groups (broad SMARTS) is 1. The van der Waals surface area contributed by atoms with Crippen LogP contribution in [0.1, 0.15) is 17.3 Å². The van der Waals surface area contributed by atoms with E-state index >= 15 is 0 Å². The lowest BCUT2D eigenvalue weighted by Crippen LogP contribution is -2.33. The van der Waals surface area contributed by atoms with E-state index in [1.165, 1.54) is 17.4 Å². The lowest BCUT2D eigenvalue weighted by molar-refractivity contribution is 0.0698. The number of urea groups is 1. The molecule has 94 valence electrons. The second-order valence-corrected chi connectivity index (χ2v) is 5.54. The summed E-state index contributed by atoms with van der Waals surface area (Å²) in [5, 5.41) is 16.4. The van der Waals surface area contributed by atoms with Gasteiger partial charge in [0.05, 0.1) is 5.56 Å². The molecule has 1 heterocycles. The van der Waals surface area contributed by atoms with Crippen molar-refractivity contribution in [3.63, 3.8) is 0 Å². The molecule has 17 heavy (non-hydrogen) atoms. The molecule has 5 nitrogen and oxygen atoms in total. The fraction of sp³-hybridized carbons (Fsp3) is 0.400. The number of carbonyl (C=O) groups excluding carboxylic acids is 1. The van der Waals surface area contributed by atoms with Crippen molar-refractivity contribution >= 4 is 40.1 Å². The van der Waals surface area contributed by atoms with Crippen molar-refractivity contribution in [2.75, 3.05) is 18.1 Å². The maximum atomic E-state index is 11.5. The largest absolute Gasteiger partial charge is 0.478 e. The molecule has 1 aromatic rings. The Balaban J connectivity index is 2.51. The molecular weight excluding hydrogens is 260 g/mol. The van der Waals surface area contributed by atoms with Gasteiger partial charge < -0.3 is 10.4 Å². The van der Waals surface area contributed by atoms with Crippen LogP contribution in [0.25, 0.3) is 0 Å². The topological polar surface area (TPSA) is 78.4 Å². The van der Waals surface area contributed by atoms with E-state index in [4.69, 9.17) is 5.11 Å². The van der Waals surface area contributed by atoms with Gasteiger partial charge in [-0.2, -0.15) is 11.8 Å². The Morgan fingerprint density at radius 2 is 2.29 bits per heavy atom. The van der Waals surface area contributed by atoms with E-state index in [0.717, 1.165) is 0 Å². The van der Waals surface area contributed by atoms with Crippen LogP contribution in [0, 0.1) is 0 Å². The number of aromatic carboxylic acids is 1. The Morgan fingerprint density at radius 3 is 2.88 bits per heavy atom. The zero-order valence-corrected chi connectivity index (χ0v) is 11.2. The highest BCUT2D eigenvalue weighted by Gasteiger charge is 2.13. The highest BCUT2D eigenvalue weighted by Crippen LogP contribution is 2.22. The number of anilines is 1. The van der Waals surface area contributed by atoms with E-state index in [0.29, 0.717) is 16.8 Å². The molecule has 1 unspecified atom stereocenters. The molecule has 0 fully saturated rings. The van der Waals surface area contributed by atoms with Crippen molar-refractivity contribution in [2.24, 2.45) is 0 Å². The third kappa shape index (κ3) is 4.27. The van der Waals surface area contributed by atoms with Crippen LogP contribution in [0.3, 0.4) is 0 Å². The first-order valence-corrected chi connectivity index (χ1v) is 7.09. The minimum atomic E-state index is -1.04. The van der Waals surface area contributed by atoms with Gasteiger partial charge in [0.15, 0.2) is 0 Å². The maximum absolute atomic E-state index is 11.5. The summed E-state index contributed by atoms with van der Waals surface area (Å²) >= 11 is 2.84. The summed E-state index contributed by atoms with van der Waals surface area (Å²) in [6.07, 6.45) is 1.96. The minimum absolute atomic E-state index is 0.114. The molecule has 0 aliphatic carbocycles. The standard InChI is InChI=1S/C10H14N2O3S2/c1-6(16-2)5-11-10(15)12-8-7(9(13)14)3-4-17-8/h3-4,6H,5H2,1-2H3,(H,13,14)(H2,11,12,15). The van der Waals surface area contributed by atoms with Crippen molar-refractivity contribution in [1.82, 2.24) is 5.32 Å².